The molecule has 0 aromatic carbocycles. The Balaban J connectivity index is 1.53. The molecule has 13 heteroatoms. The minimum atomic E-state index is -2.73. The molecule has 40 heavy (non-hydrogen) atoms. The van der Waals surface area contributed by atoms with Crippen LogP contribution in [0.15, 0.2) is 18.5 Å². The van der Waals surface area contributed by atoms with Gasteiger partial charge in [0.1, 0.15) is 5.60 Å². The average Bonchev–Trinajstić information content (AvgIpc) is 3.23. The first kappa shape index (κ1) is 30.0. The summed E-state index contributed by atoms with van der Waals surface area (Å²) >= 11 is 0. The second-order valence-electron chi connectivity index (χ2n) is 12.0. The van der Waals surface area contributed by atoms with E-state index in [4.69, 9.17) is 9.47 Å². The molecule has 2 aliphatic rings. The van der Waals surface area contributed by atoms with Crippen molar-refractivity contribution >= 4 is 17.6 Å². The van der Waals surface area contributed by atoms with Gasteiger partial charge in [-0.15, -0.1) is 0 Å². The van der Waals surface area contributed by atoms with Crippen molar-refractivity contribution in [2.24, 2.45) is 11.8 Å². The van der Waals surface area contributed by atoms with Crippen LogP contribution in [0.1, 0.15) is 89.1 Å². The molecule has 2 aromatic heterocycles. The fourth-order valence-corrected chi connectivity index (χ4v) is 5.35. The fourth-order valence-electron chi connectivity index (χ4n) is 5.35. The Morgan fingerprint density at radius 3 is 2.40 bits per heavy atom. The summed E-state index contributed by atoms with van der Waals surface area (Å²) in [5.41, 5.74) is 0.708. The Morgan fingerprint density at radius 2 is 1.80 bits per heavy atom. The van der Waals surface area contributed by atoms with Crippen LogP contribution in [0.2, 0.25) is 0 Å². The van der Waals surface area contributed by atoms with E-state index < -0.39 is 35.6 Å². The van der Waals surface area contributed by atoms with Crippen LogP contribution < -0.4 is 10.6 Å². The van der Waals surface area contributed by atoms with Crippen molar-refractivity contribution in [1.29, 1.82) is 0 Å². The van der Waals surface area contributed by atoms with Crippen LogP contribution in [0, 0.1) is 11.8 Å². The standard InChI is InChI=1S/C27H37F4N5O4/c1-25(2,3)40-24(38)35-23(17-5-7-26(28,29)8-6-17)19-14-36-21(33-19)10-18(13-32-36)20(15-39-4)34-22(37)9-16-11-27(30,31)12-16/h10,13-14,16-17,20,23H,5-9,11-12,15H2,1-4H3,(H,34,37)(H,35,38)/t20-,23-/m0/s1. The lowest BCUT2D eigenvalue weighted by Crippen LogP contribution is -2.40. The molecule has 0 unspecified atom stereocenters. The van der Waals surface area contributed by atoms with E-state index in [9.17, 15) is 27.2 Å². The summed E-state index contributed by atoms with van der Waals surface area (Å²) in [5, 5.41) is 10.1. The highest BCUT2D eigenvalue weighted by Crippen LogP contribution is 2.44. The molecular formula is C27H37F4N5O4. The summed E-state index contributed by atoms with van der Waals surface area (Å²) in [6.45, 7) is 5.32. The number of hydrogen-bond donors (Lipinski definition) is 2. The van der Waals surface area contributed by atoms with Crippen LogP contribution in [0.3, 0.4) is 0 Å². The molecule has 0 bridgehead atoms. The number of carbonyl (C=O) groups excluding carboxylic acids is 2. The molecule has 2 aliphatic carbocycles. The predicted molar refractivity (Wildman–Crippen MR) is 137 cm³/mol. The fraction of sp³-hybridized carbons (Fsp3) is 0.704. The molecule has 0 saturated heterocycles. The molecule has 2 aromatic rings. The van der Waals surface area contributed by atoms with Gasteiger partial charge in [-0.3, -0.25) is 4.79 Å². The van der Waals surface area contributed by atoms with Gasteiger partial charge in [-0.2, -0.15) is 5.10 Å². The van der Waals surface area contributed by atoms with Gasteiger partial charge in [0.15, 0.2) is 5.65 Å². The molecule has 0 spiro atoms. The number of aromatic nitrogens is 3. The Hall–Kier alpha value is -2.96. The topological polar surface area (TPSA) is 107 Å². The number of imidazole rings is 1. The van der Waals surface area contributed by atoms with E-state index in [1.54, 1.807) is 33.0 Å². The molecule has 2 heterocycles. The third kappa shape index (κ3) is 7.82. The maximum Gasteiger partial charge on any atom is 0.408 e. The number of halogens is 4. The van der Waals surface area contributed by atoms with Crippen molar-refractivity contribution in [3.8, 4) is 0 Å². The number of hydrogen-bond acceptors (Lipinski definition) is 6. The first-order valence-electron chi connectivity index (χ1n) is 13.5. The van der Waals surface area contributed by atoms with Crippen molar-refractivity contribution in [2.75, 3.05) is 13.7 Å². The number of alkyl halides is 4. The zero-order chi connectivity index (χ0) is 29.3. The van der Waals surface area contributed by atoms with E-state index in [2.05, 4.69) is 20.7 Å². The van der Waals surface area contributed by atoms with Crippen LogP contribution in [0.25, 0.3) is 5.65 Å². The van der Waals surface area contributed by atoms with Gasteiger partial charge < -0.3 is 20.1 Å². The van der Waals surface area contributed by atoms with E-state index in [1.165, 1.54) is 17.8 Å². The summed E-state index contributed by atoms with van der Waals surface area (Å²) in [7, 11) is 1.48. The SMILES string of the molecule is COC[C@H](NC(=O)CC1CC(F)(F)C1)c1cnn2cc([C@@H](NC(=O)OC(C)(C)C)C3CCC(F)(F)CC3)nc2c1. The highest BCUT2D eigenvalue weighted by Gasteiger charge is 2.46. The number of fused-ring (bicyclic) bond motifs is 1. The normalized spacial score (nSPS) is 20.9. The molecule has 4 rings (SSSR count). The Morgan fingerprint density at radius 1 is 1.12 bits per heavy atom. The second-order valence-corrected chi connectivity index (χ2v) is 12.0. The number of nitrogens with zero attached hydrogens (tertiary/aromatic N) is 3. The summed E-state index contributed by atoms with van der Waals surface area (Å²) in [6, 6.07) is 0.440. The van der Waals surface area contributed by atoms with Crippen LogP contribution in [-0.4, -0.2) is 57.8 Å². The molecule has 2 saturated carbocycles. The van der Waals surface area contributed by atoms with E-state index in [0.29, 0.717) is 16.9 Å². The molecule has 2 fully saturated rings. The number of nitrogens with one attached hydrogen (secondary N) is 2. The summed E-state index contributed by atoms with van der Waals surface area (Å²) in [6.07, 6.45) is 1.75. The quantitative estimate of drug-likeness (QED) is 0.393. The van der Waals surface area contributed by atoms with Crippen LogP contribution >= 0.6 is 0 Å². The van der Waals surface area contributed by atoms with Gasteiger partial charge in [0.2, 0.25) is 17.8 Å². The molecule has 222 valence electrons. The Bertz CT molecular complexity index is 1200. The molecule has 0 aliphatic heterocycles. The zero-order valence-electron chi connectivity index (χ0n) is 23.2. The first-order valence-corrected chi connectivity index (χ1v) is 13.5. The maximum atomic E-state index is 13.9. The predicted octanol–water partition coefficient (Wildman–Crippen LogP) is 5.36. The van der Waals surface area contributed by atoms with Crippen molar-refractivity contribution in [3.63, 3.8) is 0 Å². The smallest absolute Gasteiger partial charge is 0.408 e. The van der Waals surface area contributed by atoms with Gasteiger partial charge in [-0.25, -0.2) is 31.9 Å². The van der Waals surface area contributed by atoms with E-state index in [-0.39, 0.29) is 69.3 Å². The number of ether oxygens (including phenoxy) is 2. The number of methoxy groups -OCH3 is 1. The number of carbonyl (C=O) groups is 2. The Labute approximate surface area is 230 Å². The minimum Gasteiger partial charge on any atom is -0.444 e. The van der Waals surface area contributed by atoms with Crippen LogP contribution in [-0.2, 0) is 14.3 Å². The number of alkyl carbamates (subject to hydrolysis) is 1. The van der Waals surface area contributed by atoms with Crippen molar-refractivity contribution in [2.45, 2.75) is 95.2 Å². The molecule has 9 nitrogen and oxygen atoms in total. The first-order chi connectivity index (χ1) is 18.6. The second kappa shape index (κ2) is 11.5. The third-order valence-electron chi connectivity index (χ3n) is 7.30. The molecule has 2 amide bonds. The summed E-state index contributed by atoms with van der Waals surface area (Å²) < 4.78 is 66.3. The lowest BCUT2D eigenvalue weighted by molar-refractivity contribution is -0.134. The summed E-state index contributed by atoms with van der Waals surface area (Å²) in [4.78, 5) is 29.8. The lowest BCUT2D eigenvalue weighted by atomic mass is 9.79. The molecular weight excluding hydrogens is 534 g/mol. The maximum absolute atomic E-state index is 13.9. The average molecular weight is 572 g/mol. The highest BCUT2D eigenvalue weighted by atomic mass is 19.3. The molecule has 0 radical (unpaired) electrons. The van der Waals surface area contributed by atoms with Gasteiger partial charge >= 0.3 is 6.09 Å². The zero-order valence-corrected chi connectivity index (χ0v) is 23.2. The highest BCUT2D eigenvalue weighted by molar-refractivity contribution is 5.77. The number of amides is 2. The lowest BCUT2D eigenvalue weighted by Gasteiger charge is -2.34. The molecule has 2 N–H and O–H groups in total. The van der Waals surface area contributed by atoms with Gasteiger partial charge in [-0.1, -0.05) is 0 Å². The minimum absolute atomic E-state index is 0.00253. The van der Waals surface area contributed by atoms with Gasteiger partial charge in [-0.05, 0) is 51.5 Å². The van der Waals surface area contributed by atoms with E-state index >= 15 is 0 Å². The van der Waals surface area contributed by atoms with Crippen molar-refractivity contribution < 1.29 is 36.6 Å². The van der Waals surface area contributed by atoms with E-state index in [1.807, 2.05) is 0 Å². The van der Waals surface area contributed by atoms with Gasteiger partial charge in [0.05, 0.1) is 36.8 Å². The molecule has 2 atom stereocenters. The van der Waals surface area contributed by atoms with Crippen molar-refractivity contribution in [3.05, 3.63) is 29.7 Å². The third-order valence-corrected chi connectivity index (χ3v) is 7.30. The van der Waals surface area contributed by atoms with Crippen LogP contribution in [0.4, 0.5) is 22.4 Å². The van der Waals surface area contributed by atoms with Gasteiger partial charge in [0.25, 0.3) is 0 Å². The monoisotopic (exact) mass is 571 g/mol. The summed E-state index contributed by atoms with van der Waals surface area (Å²) in [5.74, 6) is -6.43. The largest absolute Gasteiger partial charge is 0.444 e. The van der Waals surface area contributed by atoms with Gasteiger partial charge in [0, 0.05) is 44.8 Å². The Kier molecular flexibility index (Phi) is 8.63. The van der Waals surface area contributed by atoms with Crippen LogP contribution in [0.5, 0.6) is 0 Å². The number of rotatable bonds is 9. The van der Waals surface area contributed by atoms with Crippen molar-refractivity contribution in [1.82, 2.24) is 25.2 Å². The van der Waals surface area contributed by atoms with E-state index in [0.717, 1.165) is 0 Å².